The van der Waals surface area contributed by atoms with Crippen LogP contribution in [0.4, 0.5) is 31.1 Å². The number of Topliss-reactive ketones (excluding diaryl/α,β-unsaturated/α-hetero) is 2. The molecule has 6 heterocycles. The van der Waals surface area contributed by atoms with Gasteiger partial charge in [-0.25, -0.2) is 24.7 Å². The molecule has 0 spiro atoms. The first-order chi connectivity index (χ1) is 41.1. The molecule has 4 aromatic heterocycles. The van der Waals surface area contributed by atoms with Crippen LogP contribution in [0.2, 0.25) is 51.4 Å². The Bertz CT molecular complexity index is 2990. The number of amides is 1. The number of alkyl halides is 6. The molecule has 8 rings (SSSR count). The van der Waals surface area contributed by atoms with Gasteiger partial charge in [-0.05, 0) is 47.0 Å². The fourth-order valence-electron chi connectivity index (χ4n) is 8.30. The van der Waals surface area contributed by atoms with Crippen molar-refractivity contribution >= 4 is 56.1 Å². The Hall–Kier alpha value is -5.94. The van der Waals surface area contributed by atoms with Crippen molar-refractivity contribution < 1.29 is 60.0 Å². The van der Waals surface area contributed by atoms with E-state index in [-0.39, 0.29) is 30.7 Å². The maximum atomic E-state index is 13.1. The monoisotopic (exact) mass is 1300 g/mol. The van der Waals surface area contributed by atoms with Crippen molar-refractivity contribution in [3.8, 4) is 22.5 Å². The number of benzene rings is 2. The second kappa shape index (κ2) is 33.6. The second-order valence-electron chi connectivity index (χ2n) is 27.8. The third kappa shape index (κ3) is 26.3. The summed E-state index contributed by atoms with van der Waals surface area (Å²) in [7, 11) is 1.92. The normalized spacial score (nSPS) is 14.7. The Kier molecular flexibility index (Phi) is 29.2. The number of likely N-dealkylation sites (N-methyl/N-ethyl adjacent to an activating group) is 2. The van der Waals surface area contributed by atoms with E-state index < -0.39 is 45.4 Å². The van der Waals surface area contributed by atoms with E-state index in [2.05, 4.69) is 78.5 Å². The lowest BCUT2D eigenvalue weighted by molar-refractivity contribution is -0.308. The van der Waals surface area contributed by atoms with Crippen molar-refractivity contribution in [3.63, 3.8) is 0 Å². The first kappa shape index (κ1) is 78.3. The van der Waals surface area contributed by atoms with Crippen LogP contribution in [0, 0.1) is 10.8 Å². The van der Waals surface area contributed by atoms with Crippen molar-refractivity contribution in [1.29, 1.82) is 0 Å². The molecule has 6 aromatic rings. The molecule has 2 aliphatic rings. The van der Waals surface area contributed by atoms with Gasteiger partial charge in [-0.3, -0.25) is 9.59 Å². The number of aliphatic hydroxyl groups is 1. The van der Waals surface area contributed by atoms with Crippen LogP contribution in [-0.4, -0.2) is 186 Å². The van der Waals surface area contributed by atoms with Gasteiger partial charge in [0.25, 0.3) is 0 Å². The number of halogens is 6. The summed E-state index contributed by atoms with van der Waals surface area (Å²) in [6.07, 6.45) is -8.45. The topological polar surface area (TPSA) is 182 Å². The largest absolute Gasteiger partial charge is 0.444 e. The number of carbonyl (C=O) groups is 3. The van der Waals surface area contributed by atoms with E-state index in [0.717, 1.165) is 73.9 Å². The molecule has 1 amide bonds. The molecule has 0 atom stereocenters. The van der Waals surface area contributed by atoms with Gasteiger partial charge in [-0.1, -0.05) is 149 Å². The van der Waals surface area contributed by atoms with Gasteiger partial charge < -0.3 is 48.5 Å². The molecule has 2 saturated heterocycles. The minimum Gasteiger partial charge on any atom is -0.444 e. The Labute approximate surface area is 531 Å². The molecule has 0 aliphatic carbocycles. The summed E-state index contributed by atoms with van der Waals surface area (Å²) < 4.78 is 86.8. The highest BCUT2D eigenvalue weighted by Gasteiger charge is 2.55. The number of ether oxygens (including phenoxy) is 3. The van der Waals surface area contributed by atoms with Crippen molar-refractivity contribution in [2.75, 3.05) is 79.7 Å². The van der Waals surface area contributed by atoms with Gasteiger partial charge in [0, 0.05) is 116 Å². The molecule has 17 nitrogen and oxygen atoms in total. The molecule has 0 saturated carbocycles. The van der Waals surface area contributed by atoms with Gasteiger partial charge in [-0.15, -0.1) is 0 Å². The molecule has 0 bridgehead atoms. The first-order valence-corrected chi connectivity index (χ1v) is 37.4. The Morgan fingerprint density at radius 2 is 0.933 bits per heavy atom. The predicted octanol–water partition coefficient (Wildman–Crippen LogP) is 14.1. The lowest BCUT2D eigenvalue weighted by Crippen LogP contribution is -2.48. The quantitative estimate of drug-likeness (QED) is 0.0455. The number of fused-ring (bicyclic) bond motifs is 2. The van der Waals surface area contributed by atoms with E-state index in [1.807, 2.05) is 145 Å². The van der Waals surface area contributed by atoms with Gasteiger partial charge in [0.15, 0.2) is 22.9 Å². The minimum absolute atomic E-state index is 0. The molecular formula is C65H100F6N10O7Si2. The highest BCUT2D eigenvalue weighted by atomic mass is 28.3. The number of piperazine rings is 2. The number of hydrogen-bond acceptors (Lipinski definition) is 14. The molecule has 0 radical (unpaired) electrons. The lowest BCUT2D eigenvalue weighted by atomic mass is 9.87. The molecule has 2 aliphatic heterocycles. The van der Waals surface area contributed by atoms with Crippen molar-refractivity contribution in [1.82, 2.24) is 49.1 Å². The third-order valence-corrected chi connectivity index (χ3v) is 17.1. The van der Waals surface area contributed by atoms with Crippen LogP contribution in [0.25, 0.3) is 44.8 Å². The Balaban J connectivity index is 0.000000321. The van der Waals surface area contributed by atoms with Gasteiger partial charge in [0.2, 0.25) is 6.10 Å². The van der Waals surface area contributed by atoms with Crippen LogP contribution in [0.3, 0.4) is 0 Å². The molecule has 90 heavy (non-hydrogen) atoms. The minimum atomic E-state index is -5.63. The maximum Gasteiger partial charge on any atom is 0.423 e. The molecule has 2 aromatic carbocycles. The zero-order valence-corrected chi connectivity index (χ0v) is 57.2. The molecule has 2 N–H and O–H groups in total. The third-order valence-electron chi connectivity index (χ3n) is 13.7. The molecule has 502 valence electrons. The van der Waals surface area contributed by atoms with Crippen molar-refractivity contribution in [2.24, 2.45) is 10.8 Å². The number of rotatable bonds is 14. The number of ketones is 2. The SMILES string of the molecule is C.CC(C)(C)C(=O)c1cn(COCC[Si](C)(C)C)c2ncc(-c3ccccc3)nc12.CC(C)(C)C(=O)c1cn(COCC[Si](C)(C)C)c2ncc(-c3ccccc3)nc12.CN1CCN(C(=O)OC(C)(C)C)CC1.CN1CCNCC1.OC(C(F)(F)F)C(F)(F)F. The average molecular weight is 1300 g/mol. The van der Waals surface area contributed by atoms with Crippen LogP contribution < -0.4 is 5.32 Å². The van der Waals surface area contributed by atoms with Crippen LogP contribution in [0.15, 0.2) is 85.5 Å². The van der Waals surface area contributed by atoms with Gasteiger partial charge >= 0.3 is 18.4 Å². The maximum absolute atomic E-state index is 13.1. The van der Waals surface area contributed by atoms with Crippen LogP contribution in [0.1, 0.15) is 90.5 Å². The van der Waals surface area contributed by atoms with E-state index in [0.29, 0.717) is 60.1 Å². The molecule has 25 heteroatoms. The Morgan fingerprint density at radius 3 is 1.22 bits per heavy atom. The first-order valence-electron chi connectivity index (χ1n) is 30.0. The number of carbonyl (C=O) groups excluding carboxylic acids is 3. The number of hydrogen-bond donors (Lipinski definition) is 2. The van der Waals surface area contributed by atoms with Gasteiger partial charge in [0.1, 0.15) is 30.1 Å². The molecular weight excluding hydrogens is 1200 g/mol. The summed E-state index contributed by atoms with van der Waals surface area (Å²) in [5.74, 6) is 0.116. The summed E-state index contributed by atoms with van der Waals surface area (Å²) in [5, 5.41) is 10.7. The van der Waals surface area contributed by atoms with Crippen molar-refractivity contribution in [3.05, 3.63) is 96.6 Å². The lowest BCUT2D eigenvalue weighted by Gasteiger charge is -2.33. The van der Waals surface area contributed by atoms with E-state index in [1.54, 1.807) is 17.3 Å². The highest BCUT2D eigenvalue weighted by molar-refractivity contribution is 6.76. The van der Waals surface area contributed by atoms with Gasteiger partial charge in [-0.2, -0.15) is 26.3 Å². The summed E-state index contributed by atoms with van der Waals surface area (Å²) >= 11 is 0. The fourth-order valence-corrected chi connectivity index (χ4v) is 9.81. The zero-order valence-electron chi connectivity index (χ0n) is 55.2. The molecule has 0 unspecified atom stereocenters. The second-order valence-corrected chi connectivity index (χ2v) is 39.0. The number of nitrogens with zero attached hydrogens (tertiary/aromatic N) is 9. The number of aliphatic hydroxyl groups excluding tert-OH is 1. The standard InChI is InChI=1S/2C23H31N3O2Si.C10H20N2O2.C5H12N2.C3H2F6O.CH4/c2*1-23(2,3)21(27)18-15-26(16-28-12-13-29(4,5)6)22-20(18)25-19(14-24-22)17-10-8-7-9-11-17;1-10(2,3)14-9(13)12-7-5-11(4)6-8-12;1-7-4-2-6-3-5-7;4-2(5,6)1(10)3(7,8)9;/h2*7-11,14-15H,12-13,16H2,1-6H3;5-8H2,1-4H3;6H,2-5H2,1H3;1,10H;1H4. The van der Waals surface area contributed by atoms with Crippen LogP contribution in [0.5, 0.6) is 0 Å². The van der Waals surface area contributed by atoms with Gasteiger partial charge in [0.05, 0.1) is 34.9 Å². The fraction of sp³-hybridized carbons (Fsp3) is 0.585. The van der Waals surface area contributed by atoms with Crippen molar-refractivity contribution in [2.45, 2.75) is 159 Å². The highest BCUT2D eigenvalue weighted by Crippen LogP contribution is 2.34. The van der Waals surface area contributed by atoms with E-state index in [9.17, 15) is 40.7 Å². The summed E-state index contributed by atoms with van der Waals surface area (Å²) in [4.78, 5) is 63.0. The van der Waals surface area contributed by atoms with E-state index in [4.69, 9.17) is 29.3 Å². The molecule has 2 fully saturated rings. The smallest absolute Gasteiger partial charge is 0.423 e. The zero-order chi connectivity index (χ0) is 66.9. The summed E-state index contributed by atoms with van der Waals surface area (Å²) in [6.45, 7) is 41.5. The van der Waals surface area contributed by atoms with Crippen LogP contribution in [-0.2, 0) is 27.7 Å². The van der Waals surface area contributed by atoms with E-state index in [1.165, 1.54) is 13.1 Å². The van der Waals surface area contributed by atoms with E-state index >= 15 is 0 Å². The number of aromatic nitrogens is 6. The average Bonchev–Trinajstić information content (AvgIpc) is 1.72. The summed E-state index contributed by atoms with van der Waals surface area (Å²) in [5.41, 5.74) is 5.96. The summed E-state index contributed by atoms with van der Waals surface area (Å²) in [6, 6.07) is 22.0. The Morgan fingerprint density at radius 1 is 0.578 bits per heavy atom. The van der Waals surface area contributed by atoms with Crippen LogP contribution >= 0.6 is 0 Å². The predicted molar refractivity (Wildman–Crippen MR) is 352 cm³/mol. The number of nitrogens with one attached hydrogen (secondary N) is 1.